The molecule has 2 aromatic carbocycles. The molecule has 2 fully saturated rings. The van der Waals surface area contributed by atoms with Crippen LogP contribution in [0.15, 0.2) is 48.5 Å². The van der Waals surface area contributed by atoms with Crippen molar-refractivity contribution in [3.05, 3.63) is 65.2 Å². The number of benzene rings is 2. The fourth-order valence-electron chi connectivity index (χ4n) is 4.12. The Morgan fingerprint density at radius 3 is 2.64 bits per heavy atom. The lowest BCUT2D eigenvalue weighted by Crippen LogP contribution is -2.36. The SMILES string of the molecule is N#Cc1cccc(COc2cccc(CN3C[C@@H](O)[C@@H](O)CC4(CC4)C3)c2)c1. The van der Waals surface area contributed by atoms with E-state index in [1.165, 1.54) is 0 Å². The minimum absolute atomic E-state index is 0.191. The monoisotopic (exact) mass is 378 g/mol. The number of likely N-dealkylation sites (tertiary alicyclic amines) is 1. The third-order valence-corrected chi connectivity index (χ3v) is 5.81. The van der Waals surface area contributed by atoms with Crippen LogP contribution in [0.3, 0.4) is 0 Å². The molecule has 2 atom stereocenters. The molecule has 2 N–H and O–H groups in total. The first-order valence-electron chi connectivity index (χ1n) is 9.85. The highest BCUT2D eigenvalue weighted by Crippen LogP contribution is 2.51. The van der Waals surface area contributed by atoms with Crippen LogP contribution in [0.4, 0.5) is 0 Å². The Balaban J connectivity index is 1.40. The predicted octanol–water partition coefficient (Wildman–Crippen LogP) is 2.84. The molecule has 1 aliphatic heterocycles. The maximum absolute atomic E-state index is 10.2. The molecular formula is C23H26N2O3. The molecule has 4 rings (SSSR count). The molecular weight excluding hydrogens is 352 g/mol. The molecule has 1 saturated heterocycles. The number of hydrogen-bond acceptors (Lipinski definition) is 5. The summed E-state index contributed by atoms with van der Waals surface area (Å²) in [7, 11) is 0. The molecule has 1 spiro atoms. The Morgan fingerprint density at radius 2 is 1.86 bits per heavy atom. The first kappa shape index (κ1) is 18.9. The molecule has 5 nitrogen and oxygen atoms in total. The zero-order valence-electron chi connectivity index (χ0n) is 15.9. The minimum atomic E-state index is -0.688. The lowest BCUT2D eigenvalue weighted by atomic mass is 9.98. The van der Waals surface area contributed by atoms with E-state index in [1.54, 1.807) is 6.07 Å². The molecule has 1 saturated carbocycles. The van der Waals surface area contributed by atoms with E-state index in [4.69, 9.17) is 10.00 Å². The van der Waals surface area contributed by atoms with Crippen LogP contribution < -0.4 is 4.74 Å². The maximum Gasteiger partial charge on any atom is 0.120 e. The second kappa shape index (κ2) is 7.92. The van der Waals surface area contributed by atoms with Crippen LogP contribution in [0.2, 0.25) is 0 Å². The van der Waals surface area contributed by atoms with Gasteiger partial charge in [0.2, 0.25) is 0 Å². The molecule has 5 heteroatoms. The van der Waals surface area contributed by atoms with E-state index in [-0.39, 0.29) is 5.41 Å². The average molecular weight is 378 g/mol. The highest BCUT2D eigenvalue weighted by molar-refractivity contribution is 5.33. The molecule has 0 radical (unpaired) electrons. The largest absolute Gasteiger partial charge is 0.489 e. The van der Waals surface area contributed by atoms with Gasteiger partial charge in [-0.1, -0.05) is 24.3 Å². The molecule has 1 aliphatic carbocycles. The Labute approximate surface area is 165 Å². The lowest BCUT2D eigenvalue weighted by molar-refractivity contribution is 0.00504. The first-order valence-corrected chi connectivity index (χ1v) is 9.85. The number of nitriles is 1. The molecule has 0 bridgehead atoms. The van der Waals surface area contributed by atoms with Gasteiger partial charge in [0.1, 0.15) is 12.4 Å². The van der Waals surface area contributed by atoms with Gasteiger partial charge in [0.15, 0.2) is 0 Å². The lowest BCUT2D eigenvalue weighted by Gasteiger charge is -2.25. The highest BCUT2D eigenvalue weighted by Gasteiger charge is 2.48. The highest BCUT2D eigenvalue weighted by atomic mass is 16.5. The number of aliphatic hydroxyl groups is 2. The van der Waals surface area contributed by atoms with Gasteiger partial charge in [0, 0.05) is 19.6 Å². The summed E-state index contributed by atoms with van der Waals surface area (Å²) in [6, 6.07) is 17.6. The van der Waals surface area contributed by atoms with Crippen molar-refractivity contribution in [3.63, 3.8) is 0 Å². The van der Waals surface area contributed by atoms with E-state index in [2.05, 4.69) is 17.0 Å². The molecule has 2 aromatic rings. The second-order valence-corrected chi connectivity index (χ2v) is 8.26. The van der Waals surface area contributed by atoms with Gasteiger partial charge in [0.05, 0.1) is 23.8 Å². The van der Waals surface area contributed by atoms with Gasteiger partial charge in [0.25, 0.3) is 0 Å². The van der Waals surface area contributed by atoms with Crippen LogP contribution in [-0.2, 0) is 13.2 Å². The smallest absolute Gasteiger partial charge is 0.120 e. The Bertz CT molecular complexity index is 872. The summed E-state index contributed by atoms with van der Waals surface area (Å²) >= 11 is 0. The van der Waals surface area contributed by atoms with Crippen molar-refractivity contribution >= 4 is 0 Å². The van der Waals surface area contributed by atoms with Crippen molar-refractivity contribution in [1.82, 2.24) is 4.90 Å². The summed E-state index contributed by atoms with van der Waals surface area (Å²) in [5.41, 5.74) is 2.91. The number of β-amino-alcohol motifs (C(OH)–C–C–N with tert-alkyl or cyclic N) is 1. The van der Waals surface area contributed by atoms with Gasteiger partial charge < -0.3 is 14.9 Å². The summed E-state index contributed by atoms with van der Waals surface area (Å²) in [5, 5.41) is 29.4. The van der Waals surface area contributed by atoms with E-state index in [0.29, 0.717) is 25.1 Å². The summed E-state index contributed by atoms with van der Waals surface area (Å²) in [6.07, 6.45) is 1.67. The van der Waals surface area contributed by atoms with E-state index < -0.39 is 12.2 Å². The molecule has 28 heavy (non-hydrogen) atoms. The summed E-state index contributed by atoms with van der Waals surface area (Å²) in [6.45, 7) is 2.56. The van der Waals surface area contributed by atoms with Gasteiger partial charge in [-0.05, 0) is 60.1 Å². The van der Waals surface area contributed by atoms with Gasteiger partial charge >= 0.3 is 0 Å². The number of ether oxygens (including phenoxy) is 1. The first-order chi connectivity index (χ1) is 13.5. The minimum Gasteiger partial charge on any atom is -0.489 e. The van der Waals surface area contributed by atoms with Crippen molar-refractivity contribution in [3.8, 4) is 11.8 Å². The van der Waals surface area contributed by atoms with Crippen LogP contribution in [0.5, 0.6) is 5.75 Å². The Kier molecular flexibility index (Phi) is 5.36. The fraction of sp³-hybridized carbons (Fsp3) is 0.435. The van der Waals surface area contributed by atoms with E-state index in [0.717, 1.165) is 42.8 Å². The van der Waals surface area contributed by atoms with Gasteiger partial charge in [-0.3, -0.25) is 4.90 Å². The van der Waals surface area contributed by atoms with E-state index in [9.17, 15) is 10.2 Å². The van der Waals surface area contributed by atoms with Crippen molar-refractivity contribution in [2.45, 2.75) is 44.6 Å². The summed E-state index contributed by atoms with van der Waals surface area (Å²) < 4.78 is 5.92. The van der Waals surface area contributed by atoms with Crippen LogP contribution in [0.25, 0.3) is 0 Å². The molecule has 0 aromatic heterocycles. The van der Waals surface area contributed by atoms with Crippen molar-refractivity contribution < 1.29 is 14.9 Å². The van der Waals surface area contributed by atoms with Crippen molar-refractivity contribution in [2.24, 2.45) is 5.41 Å². The molecule has 146 valence electrons. The molecule has 1 heterocycles. The topological polar surface area (TPSA) is 76.7 Å². The Hall–Kier alpha value is -2.39. The fourth-order valence-corrected chi connectivity index (χ4v) is 4.12. The van der Waals surface area contributed by atoms with Crippen molar-refractivity contribution in [1.29, 1.82) is 5.26 Å². The number of rotatable bonds is 5. The Morgan fingerprint density at radius 1 is 1.07 bits per heavy atom. The van der Waals surface area contributed by atoms with Crippen LogP contribution in [0.1, 0.15) is 36.0 Å². The number of nitrogens with zero attached hydrogens (tertiary/aromatic N) is 2. The van der Waals surface area contributed by atoms with Crippen molar-refractivity contribution in [2.75, 3.05) is 13.1 Å². The normalized spacial score (nSPS) is 23.8. The predicted molar refractivity (Wildman–Crippen MR) is 106 cm³/mol. The van der Waals surface area contributed by atoms with Crippen LogP contribution in [0, 0.1) is 16.7 Å². The number of aliphatic hydroxyl groups excluding tert-OH is 2. The standard InChI is InChI=1S/C23H26N2O3/c24-12-17-3-1-5-19(9-17)15-28-20-6-2-4-18(10-20)13-25-14-22(27)21(26)11-23(16-25)7-8-23/h1-6,9-10,21-22,26-27H,7-8,11,13-16H2/t21-,22+/m0/s1. The number of hydrogen-bond donors (Lipinski definition) is 2. The van der Waals surface area contributed by atoms with E-state index in [1.807, 2.05) is 36.4 Å². The maximum atomic E-state index is 10.2. The van der Waals surface area contributed by atoms with Gasteiger partial charge in [-0.25, -0.2) is 0 Å². The zero-order valence-corrected chi connectivity index (χ0v) is 15.9. The molecule has 0 amide bonds. The second-order valence-electron chi connectivity index (χ2n) is 8.26. The third-order valence-electron chi connectivity index (χ3n) is 5.81. The zero-order chi connectivity index (χ0) is 19.6. The van der Waals surface area contributed by atoms with Gasteiger partial charge in [-0.15, -0.1) is 0 Å². The third kappa shape index (κ3) is 4.53. The van der Waals surface area contributed by atoms with Crippen LogP contribution in [-0.4, -0.2) is 40.4 Å². The quantitative estimate of drug-likeness (QED) is 0.837. The van der Waals surface area contributed by atoms with Gasteiger partial charge in [-0.2, -0.15) is 5.26 Å². The molecule has 2 aliphatic rings. The average Bonchev–Trinajstić information content (AvgIpc) is 3.46. The molecule has 0 unspecified atom stereocenters. The van der Waals surface area contributed by atoms with E-state index >= 15 is 0 Å². The van der Waals surface area contributed by atoms with Crippen LogP contribution >= 0.6 is 0 Å². The summed E-state index contributed by atoms with van der Waals surface area (Å²) in [4.78, 5) is 2.25. The summed E-state index contributed by atoms with van der Waals surface area (Å²) in [5.74, 6) is 0.788.